The number of rotatable bonds is 8. The molecule has 0 aliphatic heterocycles. The second-order valence-electron chi connectivity index (χ2n) is 7.49. The van der Waals surface area contributed by atoms with Gasteiger partial charge in [-0.15, -0.1) is 10.2 Å². The lowest BCUT2D eigenvalue weighted by Gasteiger charge is -2.10. The molecule has 4 aromatic rings. The van der Waals surface area contributed by atoms with E-state index in [1.54, 1.807) is 24.3 Å². The number of benzene rings is 3. The highest BCUT2D eigenvalue weighted by atomic mass is 35.5. The molecule has 4 rings (SSSR count). The van der Waals surface area contributed by atoms with Crippen molar-refractivity contribution in [3.63, 3.8) is 0 Å². The summed E-state index contributed by atoms with van der Waals surface area (Å²) in [6.07, 6.45) is 1.44. The van der Waals surface area contributed by atoms with E-state index < -0.39 is 5.97 Å². The molecule has 176 valence electrons. The van der Waals surface area contributed by atoms with Crippen LogP contribution >= 0.6 is 23.4 Å². The minimum absolute atomic E-state index is 0.0644. The quantitative estimate of drug-likeness (QED) is 0.201. The zero-order valence-corrected chi connectivity index (χ0v) is 20.1. The first-order chi connectivity index (χ1) is 16.9. The van der Waals surface area contributed by atoms with Crippen molar-refractivity contribution < 1.29 is 14.7 Å². The Morgan fingerprint density at radius 1 is 1.03 bits per heavy atom. The fourth-order valence-electron chi connectivity index (χ4n) is 3.13. The van der Waals surface area contributed by atoms with E-state index in [9.17, 15) is 9.59 Å². The van der Waals surface area contributed by atoms with Crippen LogP contribution in [0.3, 0.4) is 0 Å². The van der Waals surface area contributed by atoms with E-state index in [0.717, 1.165) is 16.8 Å². The predicted molar refractivity (Wildman–Crippen MR) is 136 cm³/mol. The minimum Gasteiger partial charge on any atom is -0.478 e. The summed E-state index contributed by atoms with van der Waals surface area (Å²) in [5.74, 6) is -0.612. The topological polar surface area (TPSA) is 109 Å². The van der Waals surface area contributed by atoms with E-state index >= 15 is 0 Å². The molecule has 1 heterocycles. The highest BCUT2D eigenvalue weighted by molar-refractivity contribution is 7.99. The van der Waals surface area contributed by atoms with Gasteiger partial charge in [0.2, 0.25) is 0 Å². The van der Waals surface area contributed by atoms with E-state index in [4.69, 9.17) is 16.7 Å². The summed E-state index contributed by atoms with van der Waals surface area (Å²) in [5, 5.41) is 22.7. The molecule has 0 radical (unpaired) electrons. The number of nitrogens with zero attached hydrogens (tertiary/aromatic N) is 4. The van der Waals surface area contributed by atoms with Gasteiger partial charge in [0.15, 0.2) is 11.0 Å². The average molecular weight is 506 g/mol. The molecule has 1 amide bonds. The molecule has 35 heavy (non-hydrogen) atoms. The highest BCUT2D eigenvalue weighted by Gasteiger charge is 2.17. The van der Waals surface area contributed by atoms with Gasteiger partial charge in [-0.2, -0.15) is 5.10 Å². The van der Waals surface area contributed by atoms with E-state index in [2.05, 4.69) is 20.7 Å². The standard InChI is InChI=1S/C25H20ClN5O3S/c1-16-2-6-18(7-3-16)23-29-30-25(31(23)21-12-10-20(26)11-13-21)35-15-22(32)28-27-14-17-4-8-19(9-5-17)24(33)34/h2-14H,15H2,1H3,(H,28,32)(H,33,34). The molecule has 0 saturated heterocycles. The van der Waals surface area contributed by atoms with Crippen LogP contribution in [0.5, 0.6) is 0 Å². The van der Waals surface area contributed by atoms with Gasteiger partial charge in [-0.1, -0.05) is 65.3 Å². The molecule has 0 fully saturated rings. The van der Waals surface area contributed by atoms with Crippen LogP contribution in [0.4, 0.5) is 0 Å². The highest BCUT2D eigenvalue weighted by Crippen LogP contribution is 2.28. The van der Waals surface area contributed by atoms with E-state index in [0.29, 0.717) is 21.6 Å². The van der Waals surface area contributed by atoms with Crippen molar-refractivity contribution in [1.29, 1.82) is 0 Å². The van der Waals surface area contributed by atoms with Gasteiger partial charge in [-0.05, 0) is 48.9 Å². The Labute approximate surface area is 210 Å². The lowest BCUT2D eigenvalue weighted by Crippen LogP contribution is -2.20. The average Bonchev–Trinajstić information content (AvgIpc) is 3.28. The lowest BCUT2D eigenvalue weighted by molar-refractivity contribution is -0.118. The maximum Gasteiger partial charge on any atom is 0.335 e. The van der Waals surface area contributed by atoms with Gasteiger partial charge >= 0.3 is 5.97 Å². The van der Waals surface area contributed by atoms with Crippen LogP contribution in [0, 0.1) is 6.92 Å². The summed E-state index contributed by atoms with van der Waals surface area (Å²) in [6, 6.07) is 21.4. The van der Waals surface area contributed by atoms with Crippen LogP contribution in [-0.4, -0.2) is 43.7 Å². The normalized spacial score (nSPS) is 11.0. The molecule has 0 atom stereocenters. The van der Waals surface area contributed by atoms with Crippen molar-refractivity contribution in [2.45, 2.75) is 12.1 Å². The number of carboxylic acids is 1. The number of amides is 1. The number of hydrogen-bond acceptors (Lipinski definition) is 6. The van der Waals surface area contributed by atoms with Crippen LogP contribution in [0.2, 0.25) is 5.02 Å². The number of carboxylic acid groups (broad SMARTS) is 1. The Kier molecular flexibility index (Phi) is 7.59. The number of thioether (sulfide) groups is 1. The maximum absolute atomic E-state index is 12.4. The van der Waals surface area contributed by atoms with E-state index in [1.165, 1.54) is 30.1 Å². The van der Waals surface area contributed by atoms with Gasteiger partial charge in [-0.25, -0.2) is 10.2 Å². The van der Waals surface area contributed by atoms with Gasteiger partial charge in [0.05, 0.1) is 17.5 Å². The van der Waals surface area contributed by atoms with Crippen molar-refractivity contribution >= 4 is 41.5 Å². The Hall–Kier alpha value is -3.95. The Morgan fingerprint density at radius 3 is 2.37 bits per heavy atom. The predicted octanol–water partition coefficient (Wildman–Crippen LogP) is 4.84. The number of aromatic carboxylic acids is 1. The van der Waals surface area contributed by atoms with Crippen LogP contribution in [-0.2, 0) is 4.79 Å². The van der Waals surface area contributed by atoms with Crippen molar-refractivity contribution in [3.05, 3.63) is 94.5 Å². The molecule has 2 N–H and O–H groups in total. The van der Waals surface area contributed by atoms with Crippen molar-refractivity contribution in [2.24, 2.45) is 5.10 Å². The number of carbonyl (C=O) groups is 2. The molecule has 0 aliphatic rings. The van der Waals surface area contributed by atoms with Gasteiger partial charge in [0.1, 0.15) is 0 Å². The van der Waals surface area contributed by atoms with E-state index in [1.807, 2.05) is 47.9 Å². The fourth-order valence-corrected chi connectivity index (χ4v) is 4.00. The van der Waals surface area contributed by atoms with Gasteiger partial charge in [0.25, 0.3) is 5.91 Å². The largest absolute Gasteiger partial charge is 0.478 e. The van der Waals surface area contributed by atoms with Gasteiger partial charge in [0, 0.05) is 16.3 Å². The van der Waals surface area contributed by atoms with Gasteiger partial charge < -0.3 is 5.11 Å². The van der Waals surface area contributed by atoms with Crippen LogP contribution in [0.1, 0.15) is 21.5 Å². The summed E-state index contributed by atoms with van der Waals surface area (Å²) in [6.45, 7) is 2.02. The first-order valence-electron chi connectivity index (χ1n) is 10.5. The van der Waals surface area contributed by atoms with Crippen molar-refractivity contribution in [1.82, 2.24) is 20.2 Å². The molecule has 8 nitrogen and oxygen atoms in total. The van der Waals surface area contributed by atoms with Crippen LogP contribution < -0.4 is 5.43 Å². The van der Waals surface area contributed by atoms with Crippen molar-refractivity contribution in [3.8, 4) is 17.1 Å². The molecule has 0 saturated carbocycles. The van der Waals surface area contributed by atoms with Crippen LogP contribution in [0.15, 0.2) is 83.1 Å². The number of aromatic nitrogens is 3. The summed E-state index contributed by atoms with van der Waals surface area (Å²) >= 11 is 7.30. The zero-order valence-electron chi connectivity index (χ0n) is 18.6. The van der Waals surface area contributed by atoms with Gasteiger partial charge in [-0.3, -0.25) is 9.36 Å². The fraction of sp³-hybridized carbons (Fsp3) is 0.0800. The Balaban J connectivity index is 1.47. The molecule has 0 unspecified atom stereocenters. The third-order valence-corrected chi connectivity index (χ3v) is 6.10. The third kappa shape index (κ3) is 6.14. The number of aryl methyl sites for hydroxylation is 1. The second-order valence-corrected chi connectivity index (χ2v) is 8.87. The molecular weight excluding hydrogens is 486 g/mol. The zero-order chi connectivity index (χ0) is 24.8. The Bertz CT molecular complexity index is 1370. The van der Waals surface area contributed by atoms with Crippen LogP contribution in [0.25, 0.3) is 17.1 Å². The first kappa shape index (κ1) is 24.2. The first-order valence-corrected chi connectivity index (χ1v) is 11.8. The lowest BCUT2D eigenvalue weighted by atomic mass is 10.1. The molecule has 10 heteroatoms. The second kappa shape index (κ2) is 11.0. The molecule has 3 aromatic carbocycles. The molecular formula is C25H20ClN5O3S. The molecule has 0 bridgehead atoms. The van der Waals surface area contributed by atoms with E-state index in [-0.39, 0.29) is 17.2 Å². The molecule has 1 aromatic heterocycles. The maximum atomic E-state index is 12.4. The van der Waals surface area contributed by atoms with Crippen molar-refractivity contribution in [2.75, 3.05) is 5.75 Å². The summed E-state index contributed by atoms with van der Waals surface area (Å²) in [4.78, 5) is 23.3. The summed E-state index contributed by atoms with van der Waals surface area (Å²) in [5.41, 5.74) is 6.16. The SMILES string of the molecule is Cc1ccc(-c2nnc(SCC(=O)NN=Cc3ccc(C(=O)O)cc3)n2-c2ccc(Cl)cc2)cc1. The molecule has 0 spiro atoms. The summed E-state index contributed by atoms with van der Waals surface area (Å²) in [7, 11) is 0. The monoisotopic (exact) mass is 505 g/mol. The number of hydrogen-bond donors (Lipinski definition) is 2. The minimum atomic E-state index is -1.00. The number of carbonyl (C=O) groups excluding carboxylic acids is 1. The Morgan fingerprint density at radius 2 is 1.71 bits per heavy atom. The smallest absolute Gasteiger partial charge is 0.335 e. The number of hydrazone groups is 1. The summed E-state index contributed by atoms with van der Waals surface area (Å²) < 4.78 is 1.88. The third-order valence-electron chi connectivity index (χ3n) is 4.92. The number of halogens is 1. The molecule has 0 aliphatic carbocycles. The number of nitrogens with one attached hydrogen (secondary N) is 1.